The molecule has 1 saturated heterocycles. The monoisotopic (exact) mass is 425 g/mol. The Morgan fingerprint density at radius 2 is 1.97 bits per heavy atom. The van der Waals surface area contributed by atoms with E-state index in [4.69, 9.17) is 10.5 Å². The van der Waals surface area contributed by atoms with E-state index in [2.05, 4.69) is 28.3 Å². The number of benzene rings is 1. The minimum Gasteiger partial charge on any atom is -0.384 e. The summed E-state index contributed by atoms with van der Waals surface area (Å²) in [5, 5.41) is 1.25. The highest BCUT2D eigenvalue weighted by molar-refractivity contribution is 6.01. The van der Waals surface area contributed by atoms with E-state index in [0.29, 0.717) is 5.92 Å². The highest BCUT2D eigenvalue weighted by atomic mass is 16.5. The summed E-state index contributed by atoms with van der Waals surface area (Å²) in [6, 6.07) is 8.26. The Labute approximate surface area is 178 Å². The third-order valence-corrected chi connectivity index (χ3v) is 6.05. The predicted molar refractivity (Wildman–Crippen MR) is 119 cm³/mol. The Balaban J connectivity index is 1.45. The first-order valence-corrected chi connectivity index (χ1v) is 10.4. The number of nitrogens with one attached hydrogen (secondary N) is 2. The van der Waals surface area contributed by atoms with Crippen LogP contribution < -0.4 is 17.0 Å². The number of likely N-dealkylation sites (tertiary alicyclic amines) is 1. The number of ketones is 1. The molecule has 1 fully saturated rings. The number of ether oxygens (including phenoxy) is 1. The van der Waals surface area contributed by atoms with Crippen molar-refractivity contribution >= 4 is 22.5 Å². The van der Waals surface area contributed by atoms with Crippen molar-refractivity contribution < 1.29 is 9.53 Å². The first-order valence-electron chi connectivity index (χ1n) is 10.4. The molecule has 0 radical (unpaired) electrons. The molecule has 0 spiro atoms. The summed E-state index contributed by atoms with van der Waals surface area (Å²) in [5.41, 5.74) is 6.92. The highest BCUT2D eigenvalue weighted by Crippen LogP contribution is 2.33. The number of fused-ring (bicyclic) bond motifs is 1. The Morgan fingerprint density at radius 1 is 1.23 bits per heavy atom. The van der Waals surface area contributed by atoms with Crippen molar-refractivity contribution in [2.24, 2.45) is 0 Å². The molecule has 2 aromatic heterocycles. The lowest BCUT2D eigenvalue weighted by Crippen LogP contribution is -2.41. The van der Waals surface area contributed by atoms with Crippen molar-refractivity contribution in [2.75, 3.05) is 39.1 Å². The van der Waals surface area contributed by atoms with E-state index in [0.717, 1.165) is 31.4 Å². The first kappa shape index (κ1) is 21.1. The van der Waals surface area contributed by atoms with Gasteiger partial charge in [-0.3, -0.25) is 24.0 Å². The molecule has 1 aromatic carbocycles. The van der Waals surface area contributed by atoms with Gasteiger partial charge in [0.25, 0.3) is 5.56 Å². The maximum Gasteiger partial charge on any atom is 0.330 e. The molecular weight excluding hydrogens is 398 g/mol. The molecule has 0 bridgehead atoms. The third-order valence-electron chi connectivity index (χ3n) is 6.05. The van der Waals surface area contributed by atoms with Gasteiger partial charge in [-0.15, -0.1) is 0 Å². The van der Waals surface area contributed by atoms with Gasteiger partial charge in [-0.1, -0.05) is 18.2 Å². The van der Waals surface area contributed by atoms with Crippen LogP contribution in [0.25, 0.3) is 10.9 Å². The molecule has 164 valence electrons. The molecule has 0 atom stereocenters. The summed E-state index contributed by atoms with van der Waals surface area (Å²) < 4.78 is 6.14. The summed E-state index contributed by atoms with van der Waals surface area (Å²) >= 11 is 0. The van der Waals surface area contributed by atoms with Crippen LogP contribution in [0.3, 0.4) is 0 Å². The zero-order chi connectivity index (χ0) is 22.0. The fraction of sp³-hybridized carbons (Fsp3) is 0.409. The largest absolute Gasteiger partial charge is 0.384 e. The quantitative estimate of drug-likeness (QED) is 0.490. The van der Waals surface area contributed by atoms with Crippen molar-refractivity contribution in [2.45, 2.75) is 25.3 Å². The van der Waals surface area contributed by atoms with Gasteiger partial charge in [0, 0.05) is 24.2 Å². The summed E-state index contributed by atoms with van der Waals surface area (Å²) in [6.07, 6.45) is 3.93. The van der Waals surface area contributed by atoms with Crippen LogP contribution in [-0.4, -0.2) is 58.6 Å². The van der Waals surface area contributed by atoms with Crippen LogP contribution in [0.15, 0.2) is 40.1 Å². The molecule has 0 saturated carbocycles. The van der Waals surface area contributed by atoms with E-state index >= 15 is 0 Å². The van der Waals surface area contributed by atoms with Gasteiger partial charge in [0.2, 0.25) is 0 Å². The van der Waals surface area contributed by atoms with Crippen LogP contribution in [0.5, 0.6) is 0 Å². The number of para-hydroxylation sites is 1. The molecule has 9 heteroatoms. The average Bonchev–Trinajstić information content (AvgIpc) is 3.18. The Kier molecular flexibility index (Phi) is 6.06. The molecule has 1 aliphatic rings. The summed E-state index contributed by atoms with van der Waals surface area (Å²) in [4.78, 5) is 44.7. The molecule has 0 aliphatic carbocycles. The van der Waals surface area contributed by atoms with Crippen LogP contribution in [0.2, 0.25) is 0 Å². The Morgan fingerprint density at radius 3 is 2.71 bits per heavy atom. The lowest BCUT2D eigenvalue weighted by Gasteiger charge is -2.31. The maximum atomic E-state index is 12.9. The number of aromatic nitrogens is 3. The number of methoxy groups -OCH3 is 1. The lowest BCUT2D eigenvalue weighted by molar-refractivity contribution is 0.0907. The van der Waals surface area contributed by atoms with Crippen LogP contribution in [0.1, 0.15) is 34.7 Å². The minimum atomic E-state index is -0.741. The standard InChI is InChI=1S/C22H27N5O4/c1-31-11-10-27-20(23)19(21(29)25-22(27)30)18(28)13-26-8-6-14(7-9-26)16-12-24-17-5-3-2-4-15(16)17/h2-5,12,14,24H,6-11,13,23H2,1H3,(H,25,29,30). The van der Waals surface area contributed by atoms with Gasteiger partial charge in [-0.05, 0) is 43.5 Å². The molecule has 3 heterocycles. The number of nitrogen functional groups attached to an aromatic ring is 1. The van der Waals surface area contributed by atoms with Gasteiger partial charge in [-0.2, -0.15) is 0 Å². The van der Waals surface area contributed by atoms with Crippen molar-refractivity contribution in [3.8, 4) is 0 Å². The molecule has 3 aromatic rings. The number of Topliss-reactive ketones (excluding diaryl/α,β-unsaturated/α-hetero) is 1. The number of aromatic amines is 2. The van der Waals surface area contributed by atoms with Gasteiger partial charge in [0.15, 0.2) is 5.78 Å². The van der Waals surface area contributed by atoms with E-state index < -0.39 is 11.2 Å². The zero-order valence-electron chi connectivity index (χ0n) is 17.5. The number of nitrogens with two attached hydrogens (primary N) is 1. The van der Waals surface area contributed by atoms with Crippen molar-refractivity contribution in [1.82, 2.24) is 19.4 Å². The van der Waals surface area contributed by atoms with Crippen molar-refractivity contribution in [3.63, 3.8) is 0 Å². The topological polar surface area (TPSA) is 126 Å². The van der Waals surface area contributed by atoms with Crippen molar-refractivity contribution in [3.05, 3.63) is 62.4 Å². The van der Waals surface area contributed by atoms with E-state index in [1.807, 2.05) is 17.0 Å². The highest BCUT2D eigenvalue weighted by Gasteiger charge is 2.26. The van der Waals surface area contributed by atoms with Crippen LogP contribution in [-0.2, 0) is 11.3 Å². The fourth-order valence-corrected chi connectivity index (χ4v) is 4.38. The number of rotatable bonds is 7. The van der Waals surface area contributed by atoms with E-state index in [1.165, 1.54) is 22.6 Å². The molecule has 4 rings (SSSR count). The smallest absolute Gasteiger partial charge is 0.330 e. The third kappa shape index (κ3) is 4.19. The number of piperidine rings is 1. The number of nitrogens with zero attached hydrogens (tertiary/aromatic N) is 2. The second kappa shape index (κ2) is 8.91. The van der Waals surface area contributed by atoms with Gasteiger partial charge in [0.1, 0.15) is 11.4 Å². The van der Waals surface area contributed by atoms with Crippen LogP contribution in [0.4, 0.5) is 5.82 Å². The zero-order valence-corrected chi connectivity index (χ0v) is 17.5. The van der Waals surface area contributed by atoms with Gasteiger partial charge in [0.05, 0.1) is 19.7 Å². The average molecular weight is 425 g/mol. The van der Waals surface area contributed by atoms with E-state index in [1.54, 1.807) is 0 Å². The predicted octanol–water partition coefficient (Wildman–Crippen LogP) is 1.31. The normalized spacial score (nSPS) is 15.5. The van der Waals surface area contributed by atoms with Gasteiger partial charge in [-0.25, -0.2) is 4.79 Å². The number of carbonyl (C=O) groups is 1. The second-order valence-electron chi connectivity index (χ2n) is 7.93. The number of hydrogen-bond donors (Lipinski definition) is 3. The van der Waals surface area contributed by atoms with Crippen LogP contribution in [0, 0.1) is 0 Å². The van der Waals surface area contributed by atoms with E-state index in [9.17, 15) is 14.4 Å². The maximum absolute atomic E-state index is 12.9. The molecule has 9 nitrogen and oxygen atoms in total. The minimum absolute atomic E-state index is 0.0936. The molecule has 0 unspecified atom stereocenters. The van der Waals surface area contributed by atoms with Crippen LogP contribution >= 0.6 is 0 Å². The first-order chi connectivity index (χ1) is 15.0. The van der Waals surface area contributed by atoms with E-state index in [-0.39, 0.29) is 36.9 Å². The van der Waals surface area contributed by atoms with Crippen molar-refractivity contribution in [1.29, 1.82) is 0 Å². The molecule has 4 N–H and O–H groups in total. The Hall–Kier alpha value is -3.17. The second-order valence-corrected chi connectivity index (χ2v) is 7.93. The number of carbonyl (C=O) groups excluding carboxylic acids is 1. The fourth-order valence-electron chi connectivity index (χ4n) is 4.38. The van der Waals surface area contributed by atoms with Gasteiger partial charge < -0.3 is 15.5 Å². The Bertz CT molecular complexity index is 1200. The molecule has 0 amide bonds. The molecule has 31 heavy (non-hydrogen) atoms. The number of hydrogen-bond acceptors (Lipinski definition) is 6. The SMILES string of the molecule is COCCn1c(N)c(C(=O)CN2CCC(c3c[nH]c4ccccc34)CC2)c(=O)[nH]c1=O. The summed E-state index contributed by atoms with van der Waals surface area (Å²) in [6.45, 7) is 1.99. The summed E-state index contributed by atoms with van der Waals surface area (Å²) in [7, 11) is 1.50. The number of anilines is 1. The van der Waals surface area contributed by atoms with Gasteiger partial charge >= 0.3 is 5.69 Å². The lowest BCUT2D eigenvalue weighted by atomic mass is 9.89. The summed E-state index contributed by atoms with van der Waals surface area (Å²) in [5.74, 6) is -0.0631. The molecular formula is C22H27N5O4. The molecule has 1 aliphatic heterocycles. The number of H-pyrrole nitrogens is 2.